The van der Waals surface area contributed by atoms with Crippen LogP contribution in [0.15, 0.2) is 29.0 Å². The van der Waals surface area contributed by atoms with Gasteiger partial charge in [-0.25, -0.2) is 0 Å². The molecule has 6 nitrogen and oxygen atoms in total. The predicted molar refractivity (Wildman–Crippen MR) is 58.3 cm³/mol. The van der Waals surface area contributed by atoms with E-state index in [1.807, 2.05) is 18.3 Å². The Balaban J connectivity index is 1.76. The van der Waals surface area contributed by atoms with Gasteiger partial charge in [0.1, 0.15) is 5.76 Å². The third kappa shape index (κ3) is 2.91. The molecular formula is C10H15N5O. The number of rotatable bonds is 6. The molecule has 0 unspecified atom stereocenters. The fourth-order valence-corrected chi connectivity index (χ4v) is 1.39. The lowest BCUT2D eigenvalue weighted by Gasteiger charge is -1.98. The second-order valence-corrected chi connectivity index (χ2v) is 3.44. The number of hydrogen-bond donors (Lipinski definition) is 2. The standard InChI is InChI=1S/C10H15N5O/c11-3-4-15-8-9(13-14-15)6-12-7-10-2-1-5-16-10/h1-2,5,8,12H,3-4,6-7,11H2. The average Bonchev–Trinajstić information content (AvgIpc) is 2.90. The van der Waals surface area contributed by atoms with Gasteiger partial charge in [-0.2, -0.15) is 0 Å². The highest BCUT2D eigenvalue weighted by atomic mass is 16.3. The van der Waals surface area contributed by atoms with Gasteiger partial charge < -0.3 is 15.5 Å². The van der Waals surface area contributed by atoms with Crippen molar-refractivity contribution in [2.24, 2.45) is 5.73 Å². The van der Waals surface area contributed by atoms with Crippen LogP contribution in [-0.4, -0.2) is 21.5 Å². The van der Waals surface area contributed by atoms with E-state index in [0.29, 0.717) is 26.2 Å². The summed E-state index contributed by atoms with van der Waals surface area (Å²) < 4.78 is 6.93. The zero-order chi connectivity index (χ0) is 11.2. The molecule has 0 aliphatic carbocycles. The molecule has 0 amide bonds. The second kappa shape index (κ2) is 5.43. The molecule has 0 aliphatic rings. The molecule has 0 saturated heterocycles. The topological polar surface area (TPSA) is 81.9 Å². The number of furan rings is 1. The van der Waals surface area contributed by atoms with E-state index in [-0.39, 0.29) is 0 Å². The number of nitrogens with zero attached hydrogens (tertiary/aromatic N) is 3. The molecule has 2 heterocycles. The molecule has 0 radical (unpaired) electrons. The summed E-state index contributed by atoms with van der Waals surface area (Å²) in [5, 5.41) is 11.2. The van der Waals surface area contributed by atoms with Gasteiger partial charge in [0.25, 0.3) is 0 Å². The van der Waals surface area contributed by atoms with E-state index in [4.69, 9.17) is 10.2 Å². The minimum Gasteiger partial charge on any atom is -0.468 e. The van der Waals surface area contributed by atoms with Gasteiger partial charge in [-0.3, -0.25) is 4.68 Å². The average molecular weight is 221 g/mol. The van der Waals surface area contributed by atoms with Crippen molar-refractivity contribution in [1.82, 2.24) is 20.3 Å². The van der Waals surface area contributed by atoms with Gasteiger partial charge in [-0.1, -0.05) is 5.21 Å². The zero-order valence-electron chi connectivity index (χ0n) is 8.97. The Labute approximate surface area is 93.4 Å². The van der Waals surface area contributed by atoms with Crippen LogP contribution in [0, 0.1) is 0 Å². The molecule has 2 aromatic heterocycles. The maximum absolute atomic E-state index is 5.42. The van der Waals surface area contributed by atoms with Gasteiger partial charge in [0.05, 0.1) is 25.0 Å². The van der Waals surface area contributed by atoms with Crippen LogP contribution in [0.4, 0.5) is 0 Å². The Morgan fingerprint density at radius 2 is 2.38 bits per heavy atom. The lowest BCUT2D eigenvalue weighted by molar-refractivity contribution is 0.481. The molecule has 3 N–H and O–H groups in total. The zero-order valence-corrected chi connectivity index (χ0v) is 8.97. The maximum Gasteiger partial charge on any atom is 0.117 e. The first kappa shape index (κ1) is 10.8. The predicted octanol–water partition coefficient (Wildman–Crippen LogP) is 0.120. The molecule has 0 fully saturated rings. The summed E-state index contributed by atoms with van der Waals surface area (Å²) in [7, 11) is 0. The maximum atomic E-state index is 5.42. The van der Waals surface area contributed by atoms with Crippen LogP contribution in [0.5, 0.6) is 0 Å². The van der Waals surface area contributed by atoms with E-state index < -0.39 is 0 Å². The molecule has 86 valence electrons. The molecule has 0 aliphatic heterocycles. The van der Waals surface area contributed by atoms with Gasteiger partial charge in [0, 0.05) is 19.3 Å². The number of hydrogen-bond acceptors (Lipinski definition) is 5. The number of aromatic nitrogens is 3. The Kier molecular flexibility index (Phi) is 3.68. The van der Waals surface area contributed by atoms with Crippen LogP contribution < -0.4 is 11.1 Å². The fraction of sp³-hybridized carbons (Fsp3) is 0.400. The van der Waals surface area contributed by atoms with E-state index in [1.165, 1.54) is 0 Å². The van der Waals surface area contributed by atoms with Gasteiger partial charge in [-0.15, -0.1) is 5.10 Å². The fourth-order valence-electron chi connectivity index (χ4n) is 1.39. The molecule has 0 aromatic carbocycles. The van der Waals surface area contributed by atoms with Crippen molar-refractivity contribution in [1.29, 1.82) is 0 Å². The monoisotopic (exact) mass is 221 g/mol. The first-order chi connectivity index (χ1) is 7.88. The summed E-state index contributed by atoms with van der Waals surface area (Å²) in [6, 6.07) is 3.80. The first-order valence-corrected chi connectivity index (χ1v) is 5.20. The first-order valence-electron chi connectivity index (χ1n) is 5.20. The van der Waals surface area contributed by atoms with Crippen molar-refractivity contribution in [3.8, 4) is 0 Å². The van der Waals surface area contributed by atoms with Gasteiger partial charge >= 0.3 is 0 Å². The Bertz CT molecular complexity index is 409. The molecule has 2 rings (SSSR count). The van der Waals surface area contributed by atoms with Crippen molar-refractivity contribution in [3.05, 3.63) is 36.0 Å². The van der Waals surface area contributed by atoms with Crippen molar-refractivity contribution < 1.29 is 4.42 Å². The normalized spacial score (nSPS) is 10.8. The molecule has 0 spiro atoms. The van der Waals surface area contributed by atoms with Crippen LogP contribution in [0.25, 0.3) is 0 Å². The summed E-state index contributed by atoms with van der Waals surface area (Å²) in [4.78, 5) is 0. The highest BCUT2D eigenvalue weighted by molar-refractivity contribution is 4.98. The van der Waals surface area contributed by atoms with E-state index in [2.05, 4.69) is 15.6 Å². The number of nitrogens with one attached hydrogen (secondary N) is 1. The SMILES string of the molecule is NCCn1cc(CNCc2ccco2)nn1. The highest BCUT2D eigenvalue weighted by Gasteiger charge is 2.00. The second-order valence-electron chi connectivity index (χ2n) is 3.44. The van der Waals surface area contributed by atoms with E-state index in [0.717, 1.165) is 11.5 Å². The van der Waals surface area contributed by atoms with Crippen LogP contribution in [0.1, 0.15) is 11.5 Å². The Morgan fingerprint density at radius 1 is 1.44 bits per heavy atom. The molecular weight excluding hydrogens is 206 g/mol. The van der Waals surface area contributed by atoms with Gasteiger partial charge in [0.15, 0.2) is 0 Å². The molecule has 6 heteroatoms. The van der Waals surface area contributed by atoms with Crippen LogP contribution in [0.2, 0.25) is 0 Å². The van der Waals surface area contributed by atoms with Crippen LogP contribution in [0.3, 0.4) is 0 Å². The molecule has 16 heavy (non-hydrogen) atoms. The number of nitrogens with two attached hydrogens (primary N) is 1. The van der Waals surface area contributed by atoms with E-state index in [1.54, 1.807) is 10.9 Å². The minimum absolute atomic E-state index is 0.572. The summed E-state index contributed by atoms with van der Waals surface area (Å²) in [6.07, 6.45) is 3.55. The Morgan fingerprint density at radius 3 is 3.12 bits per heavy atom. The van der Waals surface area contributed by atoms with E-state index in [9.17, 15) is 0 Å². The van der Waals surface area contributed by atoms with Gasteiger partial charge in [0.2, 0.25) is 0 Å². The van der Waals surface area contributed by atoms with Crippen molar-refractivity contribution in [2.45, 2.75) is 19.6 Å². The minimum atomic E-state index is 0.572. The van der Waals surface area contributed by atoms with Crippen LogP contribution >= 0.6 is 0 Å². The van der Waals surface area contributed by atoms with Crippen molar-refractivity contribution >= 4 is 0 Å². The molecule has 0 atom stereocenters. The Hall–Kier alpha value is -1.66. The molecule has 0 bridgehead atoms. The highest BCUT2D eigenvalue weighted by Crippen LogP contribution is 1.99. The van der Waals surface area contributed by atoms with Crippen LogP contribution in [-0.2, 0) is 19.6 Å². The lowest BCUT2D eigenvalue weighted by Crippen LogP contribution is -2.12. The molecule has 2 aromatic rings. The largest absolute Gasteiger partial charge is 0.468 e. The third-order valence-electron chi connectivity index (χ3n) is 2.13. The van der Waals surface area contributed by atoms with E-state index >= 15 is 0 Å². The molecule has 0 saturated carbocycles. The lowest BCUT2D eigenvalue weighted by atomic mass is 10.4. The van der Waals surface area contributed by atoms with Gasteiger partial charge in [-0.05, 0) is 12.1 Å². The van der Waals surface area contributed by atoms with Crippen molar-refractivity contribution in [3.63, 3.8) is 0 Å². The summed E-state index contributed by atoms with van der Waals surface area (Å²) in [5.41, 5.74) is 6.32. The summed E-state index contributed by atoms with van der Waals surface area (Å²) >= 11 is 0. The third-order valence-corrected chi connectivity index (χ3v) is 2.13. The van der Waals surface area contributed by atoms with Crippen molar-refractivity contribution in [2.75, 3.05) is 6.54 Å². The smallest absolute Gasteiger partial charge is 0.117 e. The quantitative estimate of drug-likeness (QED) is 0.724. The summed E-state index contributed by atoms with van der Waals surface area (Å²) in [5.74, 6) is 0.911. The summed E-state index contributed by atoms with van der Waals surface area (Å²) in [6.45, 7) is 2.63.